The van der Waals surface area contributed by atoms with Gasteiger partial charge in [0.2, 0.25) is 5.95 Å². The Morgan fingerprint density at radius 1 is 1.06 bits per heavy atom. The predicted molar refractivity (Wildman–Crippen MR) is 67.9 cm³/mol. The van der Waals surface area contributed by atoms with Crippen LogP contribution in [-0.2, 0) is 0 Å². The number of nitrogens with zero attached hydrogens (tertiary/aromatic N) is 2. The normalized spacial score (nSPS) is 10.3. The minimum absolute atomic E-state index is 0.289. The molecule has 1 heterocycles. The van der Waals surface area contributed by atoms with Crippen LogP contribution in [0.4, 0.5) is 5.95 Å². The average molecular weight is 229 g/mol. The summed E-state index contributed by atoms with van der Waals surface area (Å²) in [7, 11) is 1.67. The molecule has 2 N–H and O–H groups in total. The summed E-state index contributed by atoms with van der Waals surface area (Å²) in [6.45, 7) is 4.05. The lowest BCUT2D eigenvalue weighted by Gasteiger charge is -2.11. The monoisotopic (exact) mass is 229 g/mol. The molecule has 4 heteroatoms. The first kappa shape index (κ1) is 11.4. The number of methoxy groups -OCH3 is 1. The average Bonchev–Trinajstić information content (AvgIpc) is 2.33. The van der Waals surface area contributed by atoms with Gasteiger partial charge in [0.05, 0.1) is 7.11 Å². The fourth-order valence-corrected chi connectivity index (χ4v) is 1.80. The maximum atomic E-state index is 5.48. The predicted octanol–water partition coefficient (Wildman–Crippen LogP) is 2.35. The Kier molecular flexibility index (Phi) is 2.95. The number of hydrogen-bond donors (Lipinski definition) is 1. The van der Waals surface area contributed by atoms with E-state index in [9.17, 15) is 0 Å². The van der Waals surface area contributed by atoms with Gasteiger partial charge in [0.1, 0.15) is 5.75 Å². The molecule has 0 aliphatic heterocycles. The first-order valence-corrected chi connectivity index (χ1v) is 5.35. The smallest absolute Gasteiger partial charge is 0.219 e. The number of aryl methyl sites for hydroxylation is 2. The van der Waals surface area contributed by atoms with Gasteiger partial charge in [0, 0.05) is 18.0 Å². The summed E-state index contributed by atoms with van der Waals surface area (Å²) in [6.07, 6.45) is 3.47. The highest BCUT2D eigenvalue weighted by molar-refractivity contribution is 5.68. The van der Waals surface area contributed by atoms with Gasteiger partial charge in [0.25, 0.3) is 0 Å². The second-order valence-corrected chi connectivity index (χ2v) is 3.97. The third kappa shape index (κ3) is 2.20. The second-order valence-electron chi connectivity index (χ2n) is 3.97. The Morgan fingerprint density at radius 3 is 2.29 bits per heavy atom. The van der Waals surface area contributed by atoms with Crippen LogP contribution in [0.2, 0.25) is 0 Å². The zero-order valence-corrected chi connectivity index (χ0v) is 10.2. The molecule has 2 rings (SSSR count). The lowest BCUT2D eigenvalue weighted by atomic mass is 10.00. The van der Waals surface area contributed by atoms with E-state index in [2.05, 4.69) is 16.0 Å². The Balaban J connectivity index is 2.52. The maximum absolute atomic E-state index is 5.48. The third-order valence-electron chi connectivity index (χ3n) is 2.72. The molecule has 1 aromatic carbocycles. The highest BCUT2D eigenvalue weighted by Gasteiger charge is 2.07. The van der Waals surface area contributed by atoms with Crippen molar-refractivity contribution in [2.75, 3.05) is 12.8 Å². The van der Waals surface area contributed by atoms with Crippen molar-refractivity contribution < 1.29 is 4.74 Å². The number of nitrogens with two attached hydrogens (primary N) is 1. The van der Waals surface area contributed by atoms with Crippen LogP contribution in [0.5, 0.6) is 5.75 Å². The summed E-state index contributed by atoms with van der Waals surface area (Å²) in [5, 5.41) is 0. The van der Waals surface area contributed by atoms with Crippen molar-refractivity contribution >= 4 is 5.95 Å². The largest absolute Gasteiger partial charge is 0.496 e. The molecule has 2 aromatic rings. The fourth-order valence-electron chi connectivity index (χ4n) is 1.80. The molecule has 88 valence electrons. The highest BCUT2D eigenvalue weighted by Crippen LogP contribution is 2.29. The second kappa shape index (κ2) is 4.41. The molecule has 0 saturated heterocycles. The molecule has 0 aliphatic rings. The van der Waals surface area contributed by atoms with E-state index in [0.29, 0.717) is 0 Å². The Hall–Kier alpha value is -2.10. The zero-order chi connectivity index (χ0) is 12.4. The van der Waals surface area contributed by atoms with Gasteiger partial charge in [-0.3, -0.25) is 0 Å². The summed E-state index contributed by atoms with van der Waals surface area (Å²) >= 11 is 0. The molecule has 0 aliphatic carbocycles. The van der Waals surface area contributed by atoms with E-state index in [0.717, 1.165) is 28.0 Å². The van der Waals surface area contributed by atoms with Gasteiger partial charge in [-0.05, 0) is 42.7 Å². The number of hydrogen-bond acceptors (Lipinski definition) is 4. The van der Waals surface area contributed by atoms with Crippen LogP contribution in [0, 0.1) is 13.8 Å². The van der Waals surface area contributed by atoms with Crippen molar-refractivity contribution in [2.24, 2.45) is 0 Å². The van der Waals surface area contributed by atoms with Gasteiger partial charge in [-0.25, -0.2) is 9.97 Å². The highest BCUT2D eigenvalue weighted by atomic mass is 16.5. The number of benzene rings is 1. The van der Waals surface area contributed by atoms with Crippen LogP contribution in [0.25, 0.3) is 11.1 Å². The molecule has 0 fully saturated rings. The van der Waals surface area contributed by atoms with E-state index in [-0.39, 0.29) is 5.95 Å². The first-order chi connectivity index (χ1) is 8.11. The number of ether oxygens (including phenoxy) is 1. The lowest BCUT2D eigenvalue weighted by Crippen LogP contribution is -1.95. The van der Waals surface area contributed by atoms with Gasteiger partial charge in [-0.15, -0.1) is 0 Å². The molecule has 0 spiro atoms. The van der Waals surface area contributed by atoms with E-state index in [1.165, 1.54) is 0 Å². The standard InChI is InChI=1S/C13H15N3O/c1-8-5-12(17-3)9(2)4-11(8)10-6-15-13(14)16-7-10/h4-7H,1-3H3,(H2,14,15,16). The van der Waals surface area contributed by atoms with Crippen molar-refractivity contribution in [1.29, 1.82) is 0 Å². The quantitative estimate of drug-likeness (QED) is 0.858. The third-order valence-corrected chi connectivity index (χ3v) is 2.72. The maximum Gasteiger partial charge on any atom is 0.219 e. The van der Waals surface area contributed by atoms with Gasteiger partial charge >= 0.3 is 0 Å². The summed E-state index contributed by atoms with van der Waals surface area (Å²) < 4.78 is 5.28. The lowest BCUT2D eigenvalue weighted by molar-refractivity contribution is 0.411. The fraction of sp³-hybridized carbons (Fsp3) is 0.231. The molecule has 4 nitrogen and oxygen atoms in total. The van der Waals surface area contributed by atoms with Gasteiger partial charge in [-0.2, -0.15) is 0 Å². The minimum atomic E-state index is 0.289. The van der Waals surface area contributed by atoms with Crippen molar-refractivity contribution in [1.82, 2.24) is 9.97 Å². The first-order valence-electron chi connectivity index (χ1n) is 5.35. The number of nitrogen functional groups attached to an aromatic ring is 1. The van der Waals surface area contributed by atoms with Crippen molar-refractivity contribution in [3.8, 4) is 16.9 Å². The molecule has 17 heavy (non-hydrogen) atoms. The summed E-state index contributed by atoms with van der Waals surface area (Å²) in [4.78, 5) is 8.01. The van der Waals surface area contributed by atoms with Crippen LogP contribution in [0.3, 0.4) is 0 Å². The van der Waals surface area contributed by atoms with E-state index in [1.54, 1.807) is 19.5 Å². The molecule has 0 bridgehead atoms. The molecular formula is C13H15N3O. The van der Waals surface area contributed by atoms with Crippen molar-refractivity contribution in [3.05, 3.63) is 35.7 Å². The number of rotatable bonds is 2. The molecule has 0 radical (unpaired) electrons. The van der Waals surface area contributed by atoms with Crippen LogP contribution in [0.15, 0.2) is 24.5 Å². The van der Waals surface area contributed by atoms with Crippen LogP contribution < -0.4 is 10.5 Å². The van der Waals surface area contributed by atoms with E-state index >= 15 is 0 Å². The van der Waals surface area contributed by atoms with Gasteiger partial charge in [0.15, 0.2) is 0 Å². The molecule has 0 unspecified atom stereocenters. The van der Waals surface area contributed by atoms with Crippen LogP contribution in [0.1, 0.15) is 11.1 Å². The Morgan fingerprint density at radius 2 is 1.71 bits per heavy atom. The van der Waals surface area contributed by atoms with Crippen molar-refractivity contribution in [2.45, 2.75) is 13.8 Å². The summed E-state index contributed by atoms with van der Waals surface area (Å²) in [6, 6.07) is 4.09. The number of aromatic nitrogens is 2. The Labute approximate surface area is 100 Å². The summed E-state index contributed by atoms with van der Waals surface area (Å²) in [5.74, 6) is 1.18. The minimum Gasteiger partial charge on any atom is -0.496 e. The van der Waals surface area contributed by atoms with E-state index in [1.807, 2.05) is 19.9 Å². The van der Waals surface area contributed by atoms with Gasteiger partial charge < -0.3 is 10.5 Å². The number of anilines is 1. The topological polar surface area (TPSA) is 61.0 Å². The molecule has 1 aromatic heterocycles. The molecular weight excluding hydrogens is 214 g/mol. The molecule has 0 amide bonds. The molecule has 0 saturated carbocycles. The van der Waals surface area contributed by atoms with Crippen molar-refractivity contribution in [3.63, 3.8) is 0 Å². The van der Waals surface area contributed by atoms with Crippen LogP contribution >= 0.6 is 0 Å². The zero-order valence-electron chi connectivity index (χ0n) is 10.2. The van der Waals surface area contributed by atoms with Crippen LogP contribution in [-0.4, -0.2) is 17.1 Å². The van der Waals surface area contributed by atoms with Gasteiger partial charge in [-0.1, -0.05) is 0 Å². The Bertz CT molecular complexity index is 535. The van der Waals surface area contributed by atoms with E-state index in [4.69, 9.17) is 10.5 Å². The summed E-state index contributed by atoms with van der Waals surface area (Å²) in [5.41, 5.74) is 9.75. The molecule has 0 atom stereocenters. The SMILES string of the molecule is COc1cc(C)c(-c2cnc(N)nc2)cc1C. The van der Waals surface area contributed by atoms with E-state index < -0.39 is 0 Å².